The first-order valence-electron chi connectivity index (χ1n) is 6.01. The Morgan fingerprint density at radius 3 is 2.55 bits per heavy atom. The van der Waals surface area contributed by atoms with Gasteiger partial charge in [-0.3, -0.25) is 0 Å². The molecule has 0 amide bonds. The van der Waals surface area contributed by atoms with E-state index in [2.05, 4.69) is 0 Å². The number of benzene rings is 2. The Hall–Kier alpha value is -1.56. The van der Waals surface area contributed by atoms with Gasteiger partial charge in [0.25, 0.3) is 0 Å². The predicted molar refractivity (Wildman–Crippen MR) is 76.7 cm³/mol. The van der Waals surface area contributed by atoms with Crippen LogP contribution in [0.5, 0.6) is 5.75 Å². The van der Waals surface area contributed by atoms with Gasteiger partial charge in [0.05, 0.1) is 5.02 Å². The van der Waals surface area contributed by atoms with Crippen LogP contribution in [0.4, 0.5) is 4.39 Å². The molecule has 0 fully saturated rings. The molecule has 0 saturated heterocycles. The topological polar surface area (TPSA) is 49.7 Å². The maximum Gasteiger partial charge on any atom is 0.488 e. The van der Waals surface area contributed by atoms with E-state index in [-0.39, 0.29) is 11.6 Å². The summed E-state index contributed by atoms with van der Waals surface area (Å²) in [4.78, 5) is 0. The highest BCUT2D eigenvalue weighted by molar-refractivity contribution is 6.58. The quantitative estimate of drug-likeness (QED) is 0.849. The third-order valence-electron chi connectivity index (χ3n) is 2.88. The molecule has 0 aliphatic carbocycles. The van der Waals surface area contributed by atoms with E-state index < -0.39 is 12.9 Å². The Balaban J connectivity index is 2.09. The lowest BCUT2D eigenvalue weighted by molar-refractivity contribution is 0.303. The van der Waals surface area contributed by atoms with E-state index in [0.717, 1.165) is 5.56 Å². The van der Waals surface area contributed by atoms with E-state index in [0.29, 0.717) is 16.8 Å². The standard InChI is InChI=1S/C14H13BClFO3/c1-9-6-11(15(18)19)3-5-14(9)20-8-10-2-4-12(16)13(17)7-10/h2-7,18-19H,8H2,1H3. The molecule has 6 heteroatoms. The Bertz CT molecular complexity index is 619. The van der Waals surface area contributed by atoms with Crippen LogP contribution in [-0.4, -0.2) is 17.2 Å². The highest BCUT2D eigenvalue weighted by Crippen LogP contribution is 2.19. The van der Waals surface area contributed by atoms with Crippen molar-refractivity contribution in [2.24, 2.45) is 0 Å². The summed E-state index contributed by atoms with van der Waals surface area (Å²) in [6.45, 7) is 2.00. The SMILES string of the molecule is Cc1cc(B(O)O)ccc1OCc1ccc(Cl)c(F)c1. The summed E-state index contributed by atoms with van der Waals surface area (Å²) in [5, 5.41) is 18.2. The number of halogens is 2. The highest BCUT2D eigenvalue weighted by Gasteiger charge is 2.12. The molecule has 0 bridgehead atoms. The molecule has 0 aromatic heterocycles. The first kappa shape index (κ1) is 14.8. The molecular formula is C14H13BClFO3. The molecule has 0 saturated carbocycles. The molecule has 0 unspecified atom stereocenters. The minimum Gasteiger partial charge on any atom is -0.489 e. The Labute approximate surface area is 121 Å². The van der Waals surface area contributed by atoms with E-state index in [1.807, 2.05) is 0 Å². The van der Waals surface area contributed by atoms with Crippen LogP contribution >= 0.6 is 11.6 Å². The summed E-state index contributed by atoms with van der Waals surface area (Å²) in [7, 11) is -1.51. The summed E-state index contributed by atoms with van der Waals surface area (Å²) in [5.74, 6) is 0.119. The molecule has 0 spiro atoms. The second-order valence-corrected chi connectivity index (χ2v) is 4.84. The zero-order valence-corrected chi connectivity index (χ0v) is 11.6. The molecule has 0 aliphatic heterocycles. The van der Waals surface area contributed by atoms with Crippen LogP contribution in [0, 0.1) is 12.7 Å². The second-order valence-electron chi connectivity index (χ2n) is 4.44. The first-order chi connectivity index (χ1) is 9.47. The zero-order valence-electron chi connectivity index (χ0n) is 10.8. The van der Waals surface area contributed by atoms with Gasteiger partial charge >= 0.3 is 7.12 Å². The molecular weight excluding hydrogens is 281 g/mol. The molecule has 2 aromatic carbocycles. The van der Waals surface area contributed by atoms with Gasteiger partial charge in [0, 0.05) is 0 Å². The molecule has 0 heterocycles. The van der Waals surface area contributed by atoms with Crippen molar-refractivity contribution in [3.63, 3.8) is 0 Å². The molecule has 20 heavy (non-hydrogen) atoms. The van der Waals surface area contributed by atoms with Crippen molar-refractivity contribution in [1.82, 2.24) is 0 Å². The van der Waals surface area contributed by atoms with Crippen LogP contribution in [0.15, 0.2) is 36.4 Å². The van der Waals surface area contributed by atoms with Gasteiger partial charge in [0.15, 0.2) is 0 Å². The van der Waals surface area contributed by atoms with E-state index in [9.17, 15) is 4.39 Å². The molecule has 0 aliphatic rings. The highest BCUT2D eigenvalue weighted by atomic mass is 35.5. The average Bonchev–Trinajstić information content (AvgIpc) is 2.41. The zero-order chi connectivity index (χ0) is 14.7. The lowest BCUT2D eigenvalue weighted by Gasteiger charge is -2.11. The smallest absolute Gasteiger partial charge is 0.488 e. The molecule has 104 valence electrons. The van der Waals surface area contributed by atoms with Crippen LogP contribution in [0.1, 0.15) is 11.1 Å². The minimum absolute atomic E-state index is 0.0752. The maximum atomic E-state index is 13.3. The van der Waals surface area contributed by atoms with Crippen molar-refractivity contribution in [3.8, 4) is 5.75 Å². The van der Waals surface area contributed by atoms with Gasteiger partial charge in [-0.2, -0.15) is 0 Å². The molecule has 0 radical (unpaired) electrons. The van der Waals surface area contributed by atoms with Crippen molar-refractivity contribution < 1.29 is 19.2 Å². The van der Waals surface area contributed by atoms with Crippen LogP contribution in [0.25, 0.3) is 0 Å². The van der Waals surface area contributed by atoms with Crippen molar-refractivity contribution in [2.45, 2.75) is 13.5 Å². The average molecular weight is 295 g/mol. The Morgan fingerprint density at radius 1 is 1.20 bits per heavy atom. The second kappa shape index (κ2) is 6.26. The van der Waals surface area contributed by atoms with E-state index >= 15 is 0 Å². The van der Waals surface area contributed by atoms with Crippen LogP contribution in [-0.2, 0) is 6.61 Å². The third-order valence-corrected chi connectivity index (χ3v) is 3.18. The monoisotopic (exact) mass is 294 g/mol. The Kier molecular flexibility index (Phi) is 4.65. The summed E-state index contributed by atoms with van der Waals surface area (Å²) < 4.78 is 18.9. The number of ether oxygens (including phenoxy) is 1. The van der Waals surface area contributed by atoms with Crippen LogP contribution < -0.4 is 10.2 Å². The fraction of sp³-hybridized carbons (Fsp3) is 0.143. The first-order valence-corrected chi connectivity index (χ1v) is 6.38. The molecule has 2 rings (SSSR count). The fourth-order valence-electron chi connectivity index (χ4n) is 1.79. The molecule has 2 aromatic rings. The normalized spacial score (nSPS) is 10.4. The summed E-state index contributed by atoms with van der Waals surface area (Å²) in [5.41, 5.74) is 1.83. The lowest BCUT2D eigenvalue weighted by Crippen LogP contribution is -2.29. The van der Waals surface area contributed by atoms with Crippen molar-refractivity contribution in [2.75, 3.05) is 0 Å². The van der Waals surface area contributed by atoms with Crippen molar-refractivity contribution in [3.05, 3.63) is 58.4 Å². The van der Waals surface area contributed by atoms with Gasteiger partial charge in [0.2, 0.25) is 0 Å². The van der Waals surface area contributed by atoms with Gasteiger partial charge in [-0.05, 0) is 41.7 Å². The predicted octanol–water partition coefficient (Wildman–Crippen LogP) is 2.05. The lowest BCUT2D eigenvalue weighted by atomic mass is 9.79. The summed E-state index contributed by atoms with van der Waals surface area (Å²) >= 11 is 5.61. The summed E-state index contributed by atoms with van der Waals surface area (Å²) in [6, 6.07) is 9.33. The van der Waals surface area contributed by atoms with Crippen molar-refractivity contribution in [1.29, 1.82) is 0 Å². The maximum absolute atomic E-state index is 13.3. The number of hydrogen-bond acceptors (Lipinski definition) is 3. The summed E-state index contributed by atoms with van der Waals surface area (Å²) in [6.07, 6.45) is 0. The van der Waals surface area contributed by atoms with Crippen LogP contribution in [0.2, 0.25) is 5.02 Å². The van der Waals surface area contributed by atoms with Gasteiger partial charge in [0.1, 0.15) is 18.2 Å². The number of aryl methyl sites for hydroxylation is 1. The van der Waals surface area contributed by atoms with Gasteiger partial charge in [-0.1, -0.05) is 29.8 Å². The van der Waals surface area contributed by atoms with E-state index in [1.165, 1.54) is 12.1 Å². The van der Waals surface area contributed by atoms with E-state index in [1.54, 1.807) is 31.2 Å². The van der Waals surface area contributed by atoms with Gasteiger partial charge in [-0.15, -0.1) is 0 Å². The largest absolute Gasteiger partial charge is 0.489 e. The van der Waals surface area contributed by atoms with Crippen LogP contribution in [0.3, 0.4) is 0 Å². The minimum atomic E-state index is -1.51. The van der Waals surface area contributed by atoms with Crippen molar-refractivity contribution >= 4 is 24.2 Å². The number of rotatable bonds is 4. The van der Waals surface area contributed by atoms with Gasteiger partial charge < -0.3 is 14.8 Å². The fourth-order valence-corrected chi connectivity index (χ4v) is 1.90. The molecule has 2 N–H and O–H groups in total. The molecule has 0 atom stereocenters. The number of hydrogen-bond donors (Lipinski definition) is 2. The van der Waals surface area contributed by atoms with Gasteiger partial charge in [-0.25, -0.2) is 4.39 Å². The third kappa shape index (κ3) is 3.51. The Morgan fingerprint density at radius 2 is 1.95 bits per heavy atom. The molecule has 3 nitrogen and oxygen atoms in total. The van der Waals surface area contributed by atoms with E-state index in [4.69, 9.17) is 26.4 Å².